The number of halogens is 1. The maximum Gasteiger partial charge on any atom is 0.241 e. The first kappa shape index (κ1) is 14.7. The molecule has 2 heterocycles. The van der Waals surface area contributed by atoms with E-state index in [2.05, 4.69) is 15.7 Å². The van der Waals surface area contributed by atoms with Crippen LogP contribution in [0.3, 0.4) is 0 Å². The van der Waals surface area contributed by atoms with E-state index in [1.54, 1.807) is 24.5 Å². The molecular formula is C16H19FN4O. The quantitative estimate of drug-likeness (QED) is 0.915. The second-order valence-electron chi connectivity index (χ2n) is 5.62. The molecular weight excluding hydrogens is 283 g/mol. The maximum atomic E-state index is 14.2. The summed E-state index contributed by atoms with van der Waals surface area (Å²) >= 11 is 0. The third-order valence-electron chi connectivity index (χ3n) is 3.80. The number of hydrogen-bond donors (Lipinski definition) is 2. The molecule has 0 saturated carbocycles. The Labute approximate surface area is 128 Å². The van der Waals surface area contributed by atoms with Gasteiger partial charge in [0.25, 0.3) is 0 Å². The maximum absolute atomic E-state index is 14.2. The van der Waals surface area contributed by atoms with E-state index in [-0.39, 0.29) is 11.9 Å². The first-order valence-corrected chi connectivity index (χ1v) is 7.49. The number of aryl methyl sites for hydroxylation is 1. The third kappa shape index (κ3) is 3.17. The van der Waals surface area contributed by atoms with Gasteiger partial charge in [-0.1, -0.05) is 6.42 Å². The van der Waals surface area contributed by atoms with E-state index in [1.165, 1.54) is 10.7 Å². The number of piperidine rings is 1. The molecule has 1 aromatic heterocycles. The van der Waals surface area contributed by atoms with Crippen LogP contribution in [0.1, 0.15) is 24.8 Å². The molecule has 1 unspecified atom stereocenters. The van der Waals surface area contributed by atoms with Gasteiger partial charge in [-0.05, 0) is 50.1 Å². The minimum Gasteiger partial charge on any atom is -0.325 e. The molecule has 1 aliphatic heterocycles. The van der Waals surface area contributed by atoms with Crippen LogP contribution in [-0.2, 0) is 4.79 Å². The van der Waals surface area contributed by atoms with E-state index in [1.807, 2.05) is 6.92 Å². The van der Waals surface area contributed by atoms with Gasteiger partial charge in [-0.15, -0.1) is 0 Å². The lowest BCUT2D eigenvalue weighted by atomic mass is 10.0. The van der Waals surface area contributed by atoms with Crippen LogP contribution in [0.2, 0.25) is 0 Å². The number of aromatic nitrogens is 2. The summed E-state index contributed by atoms with van der Waals surface area (Å²) in [5, 5.41) is 10.0. The molecule has 0 aliphatic carbocycles. The molecule has 1 aromatic carbocycles. The van der Waals surface area contributed by atoms with Crippen LogP contribution in [0.25, 0.3) is 5.69 Å². The monoisotopic (exact) mass is 302 g/mol. The highest BCUT2D eigenvalue weighted by Gasteiger charge is 2.20. The average molecular weight is 302 g/mol. The van der Waals surface area contributed by atoms with Gasteiger partial charge in [0.05, 0.1) is 12.2 Å². The van der Waals surface area contributed by atoms with Crippen molar-refractivity contribution in [2.45, 2.75) is 32.2 Å². The first-order valence-electron chi connectivity index (χ1n) is 7.49. The van der Waals surface area contributed by atoms with Gasteiger partial charge in [-0.25, -0.2) is 9.07 Å². The number of benzene rings is 1. The van der Waals surface area contributed by atoms with Gasteiger partial charge in [0.1, 0.15) is 5.69 Å². The number of rotatable bonds is 3. The Hall–Kier alpha value is -2.21. The van der Waals surface area contributed by atoms with Crippen LogP contribution in [0.5, 0.6) is 0 Å². The largest absolute Gasteiger partial charge is 0.325 e. The molecule has 2 N–H and O–H groups in total. The summed E-state index contributed by atoms with van der Waals surface area (Å²) < 4.78 is 15.7. The van der Waals surface area contributed by atoms with Crippen LogP contribution in [0, 0.1) is 12.7 Å². The van der Waals surface area contributed by atoms with Crippen LogP contribution in [0.4, 0.5) is 10.1 Å². The van der Waals surface area contributed by atoms with Gasteiger partial charge >= 0.3 is 0 Å². The van der Waals surface area contributed by atoms with Crippen LogP contribution in [0.15, 0.2) is 30.6 Å². The zero-order valence-electron chi connectivity index (χ0n) is 12.5. The zero-order chi connectivity index (χ0) is 15.5. The highest BCUT2D eigenvalue weighted by atomic mass is 19.1. The molecule has 1 saturated heterocycles. The lowest BCUT2D eigenvalue weighted by Gasteiger charge is -2.22. The fourth-order valence-electron chi connectivity index (χ4n) is 2.62. The summed E-state index contributed by atoms with van der Waals surface area (Å²) in [4.78, 5) is 12.1. The number of carbonyl (C=O) groups is 1. The van der Waals surface area contributed by atoms with Crippen molar-refractivity contribution in [3.8, 4) is 5.69 Å². The van der Waals surface area contributed by atoms with Crippen LogP contribution in [-0.4, -0.2) is 28.3 Å². The number of nitrogens with one attached hydrogen (secondary N) is 2. The van der Waals surface area contributed by atoms with Crippen molar-refractivity contribution in [2.24, 2.45) is 0 Å². The molecule has 0 spiro atoms. The number of amides is 1. The Kier molecular flexibility index (Phi) is 4.20. The van der Waals surface area contributed by atoms with Crippen molar-refractivity contribution in [3.05, 3.63) is 42.0 Å². The first-order chi connectivity index (χ1) is 10.6. The summed E-state index contributed by atoms with van der Waals surface area (Å²) in [6.45, 7) is 2.75. The molecule has 0 bridgehead atoms. The highest BCUT2D eigenvalue weighted by molar-refractivity contribution is 5.94. The summed E-state index contributed by atoms with van der Waals surface area (Å²) in [5.74, 6) is -0.528. The minimum atomic E-state index is -0.419. The second kappa shape index (κ2) is 6.27. The summed E-state index contributed by atoms with van der Waals surface area (Å²) in [7, 11) is 0. The Morgan fingerprint density at radius 1 is 1.45 bits per heavy atom. The Balaban J connectivity index is 1.73. The van der Waals surface area contributed by atoms with Crippen LogP contribution >= 0.6 is 0 Å². The van der Waals surface area contributed by atoms with Crippen molar-refractivity contribution in [1.82, 2.24) is 15.1 Å². The molecule has 1 atom stereocenters. The molecule has 1 amide bonds. The molecule has 1 aliphatic rings. The topological polar surface area (TPSA) is 59.0 Å². The molecule has 3 rings (SSSR count). The number of anilines is 1. The lowest BCUT2D eigenvalue weighted by molar-refractivity contribution is -0.118. The second-order valence-corrected chi connectivity index (χ2v) is 5.62. The SMILES string of the molecule is Cc1cnn(-c2ccc(NC(=O)C3CCCCN3)cc2F)c1. The van der Waals surface area contributed by atoms with E-state index in [0.29, 0.717) is 11.4 Å². The molecule has 0 radical (unpaired) electrons. The molecule has 22 heavy (non-hydrogen) atoms. The summed E-state index contributed by atoms with van der Waals surface area (Å²) in [6, 6.07) is 4.44. The molecule has 2 aromatic rings. The van der Waals surface area contributed by atoms with E-state index in [4.69, 9.17) is 0 Å². The standard InChI is InChI=1S/C16H19FN4O/c1-11-9-19-21(10-11)15-6-5-12(8-13(15)17)20-16(22)14-4-2-3-7-18-14/h5-6,8-10,14,18H,2-4,7H2,1H3,(H,20,22). The van der Waals surface area contributed by atoms with Gasteiger partial charge in [0.15, 0.2) is 5.82 Å². The lowest BCUT2D eigenvalue weighted by Crippen LogP contribution is -2.43. The third-order valence-corrected chi connectivity index (χ3v) is 3.80. The summed E-state index contributed by atoms with van der Waals surface area (Å²) in [6.07, 6.45) is 6.37. The van der Waals surface area contributed by atoms with Gasteiger partial charge in [0, 0.05) is 11.9 Å². The fraction of sp³-hybridized carbons (Fsp3) is 0.375. The van der Waals surface area contributed by atoms with Gasteiger partial charge in [-0.3, -0.25) is 4.79 Å². The Morgan fingerprint density at radius 3 is 2.95 bits per heavy atom. The van der Waals surface area contributed by atoms with E-state index < -0.39 is 5.82 Å². The fourth-order valence-corrected chi connectivity index (χ4v) is 2.62. The zero-order valence-corrected chi connectivity index (χ0v) is 12.5. The molecule has 5 nitrogen and oxygen atoms in total. The van der Waals surface area contributed by atoms with E-state index >= 15 is 0 Å². The van der Waals surface area contributed by atoms with Crippen molar-refractivity contribution in [3.63, 3.8) is 0 Å². The van der Waals surface area contributed by atoms with Gasteiger partial charge in [-0.2, -0.15) is 5.10 Å². The van der Waals surface area contributed by atoms with E-state index in [9.17, 15) is 9.18 Å². The smallest absolute Gasteiger partial charge is 0.241 e. The molecule has 1 fully saturated rings. The van der Waals surface area contributed by atoms with E-state index in [0.717, 1.165) is 31.4 Å². The Morgan fingerprint density at radius 2 is 2.32 bits per heavy atom. The molecule has 116 valence electrons. The number of carbonyl (C=O) groups excluding carboxylic acids is 1. The van der Waals surface area contributed by atoms with Crippen molar-refractivity contribution < 1.29 is 9.18 Å². The predicted octanol–water partition coefficient (Wildman–Crippen LogP) is 2.40. The van der Waals surface area contributed by atoms with Gasteiger partial charge < -0.3 is 10.6 Å². The number of hydrogen-bond acceptors (Lipinski definition) is 3. The number of nitrogens with zero attached hydrogens (tertiary/aromatic N) is 2. The molecule has 6 heteroatoms. The van der Waals surface area contributed by atoms with Crippen LogP contribution < -0.4 is 10.6 Å². The minimum absolute atomic E-state index is 0.109. The highest BCUT2D eigenvalue weighted by Crippen LogP contribution is 2.19. The van der Waals surface area contributed by atoms with Crippen molar-refractivity contribution in [2.75, 3.05) is 11.9 Å². The predicted molar refractivity (Wildman–Crippen MR) is 82.5 cm³/mol. The normalized spacial score (nSPS) is 18.2. The summed E-state index contributed by atoms with van der Waals surface area (Å²) in [5.41, 5.74) is 1.78. The average Bonchev–Trinajstić information content (AvgIpc) is 2.94. The van der Waals surface area contributed by atoms with Crippen molar-refractivity contribution >= 4 is 11.6 Å². The van der Waals surface area contributed by atoms with Crippen molar-refractivity contribution in [1.29, 1.82) is 0 Å². The Bertz CT molecular complexity index is 677. The van der Waals surface area contributed by atoms with Gasteiger partial charge in [0.2, 0.25) is 5.91 Å².